The summed E-state index contributed by atoms with van der Waals surface area (Å²) in [6, 6.07) is 0.383. The van der Waals surface area contributed by atoms with E-state index in [-0.39, 0.29) is 11.6 Å². The third-order valence-corrected chi connectivity index (χ3v) is 2.74. The lowest BCUT2D eigenvalue weighted by Gasteiger charge is -2.32. The van der Waals surface area contributed by atoms with E-state index in [0.29, 0.717) is 12.5 Å². The first kappa shape index (κ1) is 12.5. The fourth-order valence-electron chi connectivity index (χ4n) is 1.98. The first-order valence-electron chi connectivity index (χ1n) is 5.80. The molecular weight excluding hydrogens is 190 g/mol. The van der Waals surface area contributed by atoms with Crippen molar-refractivity contribution in [2.45, 2.75) is 58.1 Å². The zero-order valence-electron chi connectivity index (χ0n) is 10.4. The number of hydrogen-bond donors (Lipinski definition) is 0. The number of carbonyl (C=O) groups is 1. The van der Waals surface area contributed by atoms with Crippen LogP contribution in [0.15, 0.2) is 0 Å². The zero-order chi connectivity index (χ0) is 11.5. The maximum atomic E-state index is 11.6. The van der Waals surface area contributed by atoms with E-state index >= 15 is 0 Å². The molecular formula is C12H23NO2. The van der Waals surface area contributed by atoms with Crippen molar-refractivity contribution in [3.8, 4) is 0 Å². The lowest BCUT2D eigenvalue weighted by atomic mass is 10.0. The highest BCUT2D eigenvalue weighted by Gasteiger charge is 2.24. The Hall–Kier alpha value is -0.570. The van der Waals surface area contributed by atoms with E-state index in [9.17, 15) is 4.79 Å². The Kier molecular flexibility index (Phi) is 4.14. The highest BCUT2D eigenvalue weighted by atomic mass is 16.6. The molecule has 0 saturated carbocycles. The van der Waals surface area contributed by atoms with Crippen LogP contribution in [0.4, 0.5) is 0 Å². The van der Waals surface area contributed by atoms with Crippen LogP contribution in [0.25, 0.3) is 0 Å². The van der Waals surface area contributed by atoms with Crippen molar-refractivity contribution < 1.29 is 9.53 Å². The Labute approximate surface area is 92.8 Å². The molecule has 1 atom stereocenters. The van der Waals surface area contributed by atoms with Crippen LogP contribution in [0.1, 0.15) is 46.5 Å². The monoisotopic (exact) mass is 213 g/mol. The lowest BCUT2D eigenvalue weighted by molar-refractivity contribution is -0.156. The molecule has 3 nitrogen and oxygen atoms in total. The minimum atomic E-state index is -0.357. The van der Waals surface area contributed by atoms with Crippen molar-refractivity contribution in [1.82, 2.24) is 4.90 Å². The van der Waals surface area contributed by atoms with Crippen LogP contribution in [0.3, 0.4) is 0 Å². The van der Waals surface area contributed by atoms with Crippen molar-refractivity contribution in [1.29, 1.82) is 0 Å². The SMILES string of the molecule is CN1CCCC[C@@H]1CC(=O)OC(C)(C)C. The highest BCUT2D eigenvalue weighted by Crippen LogP contribution is 2.19. The topological polar surface area (TPSA) is 29.5 Å². The summed E-state index contributed by atoms with van der Waals surface area (Å²) in [5.41, 5.74) is -0.357. The van der Waals surface area contributed by atoms with Gasteiger partial charge in [0, 0.05) is 6.04 Å². The highest BCUT2D eigenvalue weighted by molar-refractivity contribution is 5.70. The van der Waals surface area contributed by atoms with Crippen LogP contribution in [0.2, 0.25) is 0 Å². The smallest absolute Gasteiger partial charge is 0.307 e. The molecule has 0 bridgehead atoms. The molecule has 1 saturated heterocycles. The van der Waals surface area contributed by atoms with Crippen molar-refractivity contribution in [3.05, 3.63) is 0 Å². The Bertz CT molecular complexity index is 220. The number of ether oxygens (including phenoxy) is 1. The summed E-state index contributed by atoms with van der Waals surface area (Å²) in [5.74, 6) is -0.0683. The van der Waals surface area contributed by atoms with Crippen molar-refractivity contribution in [3.63, 3.8) is 0 Å². The van der Waals surface area contributed by atoms with Crippen LogP contribution in [-0.2, 0) is 9.53 Å². The molecule has 0 spiro atoms. The molecule has 1 rings (SSSR count). The molecule has 0 N–H and O–H groups in total. The molecule has 1 aliphatic heterocycles. The van der Waals surface area contributed by atoms with Gasteiger partial charge >= 0.3 is 5.97 Å². The minimum absolute atomic E-state index is 0.0683. The van der Waals surface area contributed by atoms with Gasteiger partial charge in [0.1, 0.15) is 5.60 Å². The standard InChI is InChI=1S/C12H23NO2/c1-12(2,3)15-11(14)9-10-7-5-6-8-13(10)4/h10H,5-9H2,1-4H3/t10-/m1/s1. The van der Waals surface area contributed by atoms with Gasteiger partial charge in [-0.1, -0.05) is 6.42 Å². The predicted molar refractivity (Wildman–Crippen MR) is 60.7 cm³/mol. The molecule has 88 valence electrons. The summed E-state index contributed by atoms with van der Waals surface area (Å²) in [6.45, 7) is 6.84. The number of carbonyl (C=O) groups excluding carboxylic acids is 1. The Morgan fingerprint density at radius 2 is 2.07 bits per heavy atom. The number of hydrogen-bond acceptors (Lipinski definition) is 3. The van der Waals surface area contributed by atoms with Gasteiger partial charge in [0.2, 0.25) is 0 Å². The summed E-state index contributed by atoms with van der Waals surface area (Å²) < 4.78 is 5.32. The van der Waals surface area contributed by atoms with E-state index in [0.717, 1.165) is 13.0 Å². The van der Waals surface area contributed by atoms with Crippen molar-refractivity contribution >= 4 is 5.97 Å². The van der Waals surface area contributed by atoms with Crippen LogP contribution in [-0.4, -0.2) is 36.1 Å². The number of esters is 1. The average Bonchev–Trinajstić information content (AvgIpc) is 2.05. The molecule has 1 aliphatic rings. The quantitative estimate of drug-likeness (QED) is 0.659. The van der Waals surface area contributed by atoms with Gasteiger partial charge in [-0.2, -0.15) is 0 Å². The van der Waals surface area contributed by atoms with Crippen molar-refractivity contribution in [2.75, 3.05) is 13.6 Å². The maximum Gasteiger partial charge on any atom is 0.307 e. The third kappa shape index (κ3) is 4.65. The Morgan fingerprint density at radius 3 is 2.60 bits per heavy atom. The summed E-state index contributed by atoms with van der Waals surface area (Å²) in [5, 5.41) is 0. The first-order chi connectivity index (χ1) is 6.88. The largest absolute Gasteiger partial charge is 0.460 e. The van der Waals surface area contributed by atoms with Crippen LogP contribution >= 0.6 is 0 Å². The average molecular weight is 213 g/mol. The summed E-state index contributed by atoms with van der Waals surface area (Å²) >= 11 is 0. The molecule has 0 aromatic carbocycles. The number of nitrogens with zero attached hydrogens (tertiary/aromatic N) is 1. The predicted octanol–water partition coefficient (Wildman–Crippen LogP) is 2.20. The van der Waals surface area contributed by atoms with Gasteiger partial charge in [-0.25, -0.2) is 0 Å². The lowest BCUT2D eigenvalue weighted by Crippen LogP contribution is -2.39. The molecule has 3 heteroatoms. The Balaban J connectivity index is 2.36. The second-order valence-electron chi connectivity index (χ2n) is 5.42. The van der Waals surface area contributed by atoms with Gasteiger partial charge in [-0.05, 0) is 47.2 Å². The summed E-state index contributed by atoms with van der Waals surface area (Å²) in [4.78, 5) is 13.9. The van der Waals surface area contributed by atoms with Crippen LogP contribution < -0.4 is 0 Å². The van der Waals surface area contributed by atoms with Gasteiger partial charge < -0.3 is 9.64 Å². The number of piperidine rings is 1. The van der Waals surface area contributed by atoms with E-state index in [2.05, 4.69) is 11.9 Å². The van der Waals surface area contributed by atoms with E-state index < -0.39 is 0 Å². The van der Waals surface area contributed by atoms with Crippen molar-refractivity contribution in [2.24, 2.45) is 0 Å². The van der Waals surface area contributed by atoms with Gasteiger partial charge in [-0.3, -0.25) is 4.79 Å². The van der Waals surface area contributed by atoms with E-state index in [1.165, 1.54) is 12.8 Å². The second kappa shape index (κ2) is 4.97. The van der Waals surface area contributed by atoms with E-state index in [1.807, 2.05) is 20.8 Å². The molecule has 0 unspecified atom stereocenters. The van der Waals surface area contributed by atoms with E-state index in [1.54, 1.807) is 0 Å². The third-order valence-electron chi connectivity index (χ3n) is 2.74. The van der Waals surface area contributed by atoms with Gasteiger partial charge in [-0.15, -0.1) is 0 Å². The maximum absolute atomic E-state index is 11.6. The van der Waals surface area contributed by atoms with Gasteiger partial charge in [0.15, 0.2) is 0 Å². The van der Waals surface area contributed by atoms with E-state index in [4.69, 9.17) is 4.74 Å². The first-order valence-corrected chi connectivity index (χ1v) is 5.80. The van der Waals surface area contributed by atoms with Gasteiger partial charge in [0.05, 0.1) is 6.42 Å². The summed E-state index contributed by atoms with van der Waals surface area (Å²) in [7, 11) is 2.09. The fraction of sp³-hybridized carbons (Fsp3) is 0.917. The second-order valence-corrected chi connectivity index (χ2v) is 5.42. The molecule has 0 aromatic heterocycles. The Morgan fingerprint density at radius 1 is 1.40 bits per heavy atom. The molecule has 0 aliphatic carbocycles. The molecule has 1 heterocycles. The molecule has 15 heavy (non-hydrogen) atoms. The van der Waals surface area contributed by atoms with Crippen LogP contribution in [0.5, 0.6) is 0 Å². The van der Waals surface area contributed by atoms with Gasteiger partial charge in [0.25, 0.3) is 0 Å². The molecule has 1 fully saturated rings. The van der Waals surface area contributed by atoms with Crippen LogP contribution in [0, 0.1) is 0 Å². The minimum Gasteiger partial charge on any atom is -0.460 e. The molecule has 0 aromatic rings. The normalized spacial score (nSPS) is 23.9. The summed E-state index contributed by atoms with van der Waals surface area (Å²) in [6.07, 6.45) is 4.14. The fourth-order valence-corrected chi connectivity index (χ4v) is 1.98. The molecule has 0 radical (unpaired) electrons. The molecule has 0 amide bonds. The zero-order valence-corrected chi connectivity index (χ0v) is 10.4. The number of rotatable bonds is 2. The number of likely N-dealkylation sites (tertiary alicyclic amines) is 1.